The number of benzene rings is 1. The van der Waals surface area contributed by atoms with Gasteiger partial charge in [-0.25, -0.2) is 4.79 Å². The third-order valence-corrected chi connectivity index (χ3v) is 4.89. The van der Waals surface area contributed by atoms with E-state index >= 15 is 0 Å². The Kier molecular flexibility index (Phi) is 5.46. The van der Waals surface area contributed by atoms with Gasteiger partial charge in [-0.3, -0.25) is 0 Å². The summed E-state index contributed by atoms with van der Waals surface area (Å²) >= 11 is 0. The van der Waals surface area contributed by atoms with Gasteiger partial charge < -0.3 is 15.5 Å². The van der Waals surface area contributed by atoms with Crippen molar-refractivity contribution in [2.45, 2.75) is 44.6 Å². The van der Waals surface area contributed by atoms with Gasteiger partial charge in [0.05, 0.1) is 0 Å². The SMILES string of the molecule is CN(C)C(C)(C)CNC(=O)NC[C@H]1CCCc2ccccc21. The number of nitrogens with zero attached hydrogens (tertiary/aromatic N) is 1. The fourth-order valence-electron chi connectivity index (χ4n) is 2.80. The molecule has 0 unspecified atom stereocenters. The largest absolute Gasteiger partial charge is 0.338 e. The second-order valence-electron chi connectivity index (χ2n) is 7.06. The number of hydrogen-bond acceptors (Lipinski definition) is 2. The van der Waals surface area contributed by atoms with E-state index in [0.717, 1.165) is 12.8 Å². The number of hydrogen-bond donors (Lipinski definition) is 2. The van der Waals surface area contributed by atoms with Gasteiger partial charge in [-0.1, -0.05) is 24.3 Å². The topological polar surface area (TPSA) is 44.4 Å². The zero-order chi connectivity index (χ0) is 16.2. The van der Waals surface area contributed by atoms with Crippen LogP contribution in [0, 0.1) is 0 Å². The number of aryl methyl sites for hydroxylation is 1. The van der Waals surface area contributed by atoms with Crippen molar-refractivity contribution in [3.63, 3.8) is 0 Å². The van der Waals surface area contributed by atoms with E-state index in [0.29, 0.717) is 19.0 Å². The van der Waals surface area contributed by atoms with Gasteiger partial charge in [0, 0.05) is 24.5 Å². The minimum atomic E-state index is -0.0713. The molecule has 22 heavy (non-hydrogen) atoms. The molecule has 1 aliphatic carbocycles. The first-order chi connectivity index (χ1) is 10.4. The van der Waals surface area contributed by atoms with Crippen LogP contribution in [0.15, 0.2) is 24.3 Å². The van der Waals surface area contributed by atoms with Gasteiger partial charge in [-0.15, -0.1) is 0 Å². The van der Waals surface area contributed by atoms with E-state index in [1.165, 1.54) is 17.5 Å². The highest BCUT2D eigenvalue weighted by atomic mass is 16.2. The lowest BCUT2D eigenvalue weighted by atomic mass is 9.83. The van der Waals surface area contributed by atoms with Gasteiger partial charge in [0.2, 0.25) is 0 Å². The molecular weight excluding hydrogens is 274 g/mol. The molecule has 1 aliphatic rings. The molecule has 0 saturated heterocycles. The molecule has 1 aromatic rings. The van der Waals surface area contributed by atoms with Gasteiger partial charge in [0.15, 0.2) is 0 Å². The highest BCUT2D eigenvalue weighted by Gasteiger charge is 2.22. The Morgan fingerprint density at radius 3 is 2.73 bits per heavy atom. The van der Waals surface area contributed by atoms with Crippen LogP contribution < -0.4 is 10.6 Å². The maximum atomic E-state index is 12.0. The molecule has 2 N–H and O–H groups in total. The highest BCUT2D eigenvalue weighted by Crippen LogP contribution is 2.30. The number of fused-ring (bicyclic) bond motifs is 1. The average molecular weight is 303 g/mol. The highest BCUT2D eigenvalue weighted by molar-refractivity contribution is 5.74. The Bertz CT molecular complexity index is 511. The van der Waals surface area contributed by atoms with E-state index in [2.05, 4.69) is 53.6 Å². The lowest BCUT2D eigenvalue weighted by Crippen LogP contribution is -2.50. The minimum absolute atomic E-state index is 0.0468. The number of amides is 2. The predicted octanol–water partition coefficient (Wildman–Crippen LogP) is 2.75. The first-order valence-electron chi connectivity index (χ1n) is 8.17. The molecule has 0 aliphatic heterocycles. The molecule has 0 radical (unpaired) electrons. The Labute approximate surface area is 134 Å². The maximum Gasteiger partial charge on any atom is 0.314 e. The summed E-state index contributed by atoms with van der Waals surface area (Å²) in [4.78, 5) is 14.1. The summed E-state index contributed by atoms with van der Waals surface area (Å²) < 4.78 is 0. The van der Waals surface area contributed by atoms with Crippen LogP contribution in [0.25, 0.3) is 0 Å². The molecule has 4 heteroatoms. The first-order valence-corrected chi connectivity index (χ1v) is 8.17. The Balaban J connectivity index is 1.83. The van der Waals surface area contributed by atoms with Crippen LogP contribution in [-0.4, -0.2) is 43.7 Å². The number of carbonyl (C=O) groups is 1. The predicted molar refractivity (Wildman–Crippen MR) is 91.3 cm³/mol. The molecule has 0 saturated carbocycles. The molecule has 122 valence electrons. The molecule has 1 atom stereocenters. The van der Waals surface area contributed by atoms with Crippen molar-refractivity contribution >= 4 is 6.03 Å². The number of rotatable bonds is 5. The van der Waals surface area contributed by atoms with Crippen molar-refractivity contribution in [2.24, 2.45) is 0 Å². The van der Waals surface area contributed by atoms with Crippen molar-refractivity contribution in [1.82, 2.24) is 15.5 Å². The number of urea groups is 1. The van der Waals surface area contributed by atoms with Crippen molar-refractivity contribution in [3.8, 4) is 0 Å². The molecule has 1 aromatic carbocycles. The standard InChI is InChI=1S/C18H29N3O/c1-18(2,21(3)4)13-20-17(22)19-12-15-10-7-9-14-8-5-6-11-16(14)15/h5-6,8,11,15H,7,9-10,12-13H2,1-4H3,(H2,19,20,22)/t15-/m1/s1. The van der Waals surface area contributed by atoms with Crippen molar-refractivity contribution < 1.29 is 4.79 Å². The van der Waals surface area contributed by atoms with Gasteiger partial charge in [-0.05, 0) is 58.3 Å². The second kappa shape index (κ2) is 7.14. The van der Waals surface area contributed by atoms with Crippen LogP contribution in [0.2, 0.25) is 0 Å². The molecule has 4 nitrogen and oxygen atoms in total. The first kappa shape index (κ1) is 16.8. The molecule has 0 bridgehead atoms. The van der Waals surface area contributed by atoms with E-state index in [1.54, 1.807) is 0 Å². The van der Waals surface area contributed by atoms with Crippen LogP contribution in [0.4, 0.5) is 4.79 Å². The Hall–Kier alpha value is -1.55. The lowest BCUT2D eigenvalue weighted by molar-refractivity contribution is 0.186. The summed E-state index contributed by atoms with van der Waals surface area (Å²) in [5.41, 5.74) is 2.80. The fourth-order valence-corrected chi connectivity index (χ4v) is 2.80. The summed E-state index contributed by atoms with van der Waals surface area (Å²) in [6, 6.07) is 8.54. The van der Waals surface area contributed by atoms with Crippen LogP contribution in [-0.2, 0) is 6.42 Å². The lowest BCUT2D eigenvalue weighted by Gasteiger charge is -2.32. The zero-order valence-electron chi connectivity index (χ0n) is 14.3. The summed E-state index contributed by atoms with van der Waals surface area (Å²) in [5.74, 6) is 0.442. The van der Waals surface area contributed by atoms with Crippen LogP contribution >= 0.6 is 0 Å². The molecule has 0 aromatic heterocycles. The van der Waals surface area contributed by atoms with E-state index in [9.17, 15) is 4.79 Å². The molecule has 0 heterocycles. The van der Waals surface area contributed by atoms with Gasteiger partial charge >= 0.3 is 6.03 Å². The van der Waals surface area contributed by atoms with Gasteiger partial charge in [-0.2, -0.15) is 0 Å². The molecule has 2 amide bonds. The maximum absolute atomic E-state index is 12.0. The van der Waals surface area contributed by atoms with Crippen molar-refractivity contribution in [2.75, 3.05) is 27.2 Å². The van der Waals surface area contributed by atoms with Gasteiger partial charge in [0.25, 0.3) is 0 Å². The quantitative estimate of drug-likeness (QED) is 0.878. The minimum Gasteiger partial charge on any atom is -0.338 e. The van der Waals surface area contributed by atoms with E-state index in [-0.39, 0.29) is 11.6 Å². The molecule has 0 spiro atoms. The normalized spacial score (nSPS) is 18.0. The molecular formula is C18H29N3O. The smallest absolute Gasteiger partial charge is 0.314 e. The second-order valence-corrected chi connectivity index (χ2v) is 7.06. The zero-order valence-corrected chi connectivity index (χ0v) is 14.3. The Morgan fingerprint density at radius 2 is 2.00 bits per heavy atom. The van der Waals surface area contributed by atoms with Gasteiger partial charge in [0.1, 0.15) is 0 Å². The number of nitrogens with one attached hydrogen (secondary N) is 2. The summed E-state index contributed by atoms with van der Waals surface area (Å²) in [7, 11) is 4.05. The number of carbonyl (C=O) groups excluding carboxylic acids is 1. The summed E-state index contributed by atoms with van der Waals surface area (Å²) in [6.07, 6.45) is 3.52. The third-order valence-electron chi connectivity index (χ3n) is 4.89. The van der Waals surface area contributed by atoms with E-state index < -0.39 is 0 Å². The Morgan fingerprint density at radius 1 is 1.27 bits per heavy atom. The van der Waals surface area contributed by atoms with Crippen molar-refractivity contribution in [3.05, 3.63) is 35.4 Å². The summed E-state index contributed by atoms with van der Waals surface area (Å²) in [6.45, 7) is 5.58. The van der Waals surface area contributed by atoms with Crippen LogP contribution in [0.5, 0.6) is 0 Å². The molecule has 2 rings (SSSR count). The monoisotopic (exact) mass is 303 g/mol. The van der Waals surface area contributed by atoms with E-state index in [1.807, 2.05) is 14.1 Å². The van der Waals surface area contributed by atoms with Crippen LogP contribution in [0.1, 0.15) is 43.7 Å². The average Bonchev–Trinajstić information content (AvgIpc) is 2.50. The third kappa shape index (κ3) is 4.23. The number of likely N-dealkylation sites (N-methyl/N-ethyl adjacent to an activating group) is 1. The summed E-state index contributed by atoms with van der Waals surface area (Å²) in [5, 5.41) is 6.01. The van der Waals surface area contributed by atoms with Crippen molar-refractivity contribution in [1.29, 1.82) is 0 Å². The molecule has 0 fully saturated rings. The van der Waals surface area contributed by atoms with Crippen LogP contribution in [0.3, 0.4) is 0 Å². The van der Waals surface area contributed by atoms with E-state index in [4.69, 9.17) is 0 Å². The fraction of sp³-hybridized carbons (Fsp3) is 0.611.